The highest BCUT2D eigenvalue weighted by Crippen LogP contribution is 2.38. The Kier molecular flexibility index (Phi) is 6.71. The van der Waals surface area contributed by atoms with Gasteiger partial charge >= 0.3 is 5.97 Å². The summed E-state index contributed by atoms with van der Waals surface area (Å²) in [5.41, 5.74) is 3.38. The molecule has 0 saturated carbocycles. The summed E-state index contributed by atoms with van der Waals surface area (Å²) < 4.78 is 0. The minimum Gasteiger partial charge on any atom is -0.478 e. The van der Waals surface area contributed by atoms with Crippen LogP contribution in [0.1, 0.15) is 61.3 Å². The molecule has 162 valence electrons. The van der Waals surface area contributed by atoms with Gasteiger partial charge in [0.15, 0.2) is 0 Å². The number of carboxylic acids is 1. The molecule has 3 rings (SSSR count). The number of nitriles is 1. The van der Waals surface area contributed by atoms with Crippen molar-refractivity contribution in [3.05, 3.63) is 52.7 Å². The number of aryl methyl sites for hydroxylation is 1. The molecule has 2 N–H and O–H groups in total. The molecule has 1 aromatic carbocycles. The first-order valence-corrected chi connectivity index (χ1v) is 11.2. The lowest BCUT2D eigenvalue weighted by Crippen LogP contribution is -2.28. The molecule has 1 amide bonds. The lowest BCUT2D eigenvalue weighted by Gasteiger charge is -2.34. The van der Waals surface area contributed by atoms with Gasteiger partial charge in [-0.05, 0) is 67.3 Å². The number of carboxylic acid groups (broad SMARTS) is 1. The number of fused-ring (bicyclic) bond motifs is 1. The minimum atomic E-state index is -1.05. The number of anilines is 1. The van der Waals surface area contributed by atoms with Crippen molar-refractivity contribution in [2.24, 2.45) is 11.3 Å². The first kappa shape index (κ1) is 22.8. The van der Waals surface area contributed by atoms with E-state index in [4.69, 9.17) is 10.1 Å². The fraction of sp³-hybridized carbons (Fsp3) is 0.417. The van der Waals surface area contributed by atoms with Crippen LogP contribution in [-0.2, 0) is 17.6 Å². The molecule has 1 aromatic heterocycles. The molecule has 0 saturated heterocycles. The average molecular weight is 438 g/mol. The van der Waals surface area contributed by atoms with Gasteiger partial charge in [0.05, 0.1) is 16.4 Å². The summed E-state index contributed by atoms with van der Waals surface area (Å²) in [5, 5.41) is 21.6. The van der Waals surface area contributed by atoms with Gasteiger partial charge < -0.3 is 10.4 Å². The topological polar surface area (TPSA) is 103 Å². The van der Waals surface area contributed by atoms with Gasteiger partial charge in [-0.3, -0.25) is 4.79 Å². The molecule has 31 heavy (non-hydrogen) atoms. The zero-order chi connectivity index (χ0) is 22.8. The van der Waals surface area contributed by atoms with E-state index in [2.05, 4.69) is 32.2 Å². The SMILES string of the molecule is CC(Sc1nc2c(cc1C#N)CC(C(C)(C)C)CC2)C(=O)Nc1cccc(C(=O)O)c1. The molecule has 0 fully saturated rings. The van der Waals surface area contributed by atoms with E-state index in [0.29, 0.717) is 22.2 Å². The Morgan fingerprint density at radius 3 is 2.71 bits per heavy atom. The van der Waals surface area contributed by atoms with Crippen molar-refractivity contribution in [1.29, 1.82) is 5.26 Å². The summed E-state index contributed by atoms with van der Waals surface area (Å²) in [4.78, 5) is 28.5. The molecule has 0 aliphatic heterocycles. The van der Waals surface area contributed by atoms with Crippen molar-refractivity contribution >= 4 is 29.3 Å². The number of benzene rings is 1. The first-order valence-electron chi connectivity index (χ1n) is 10.3. The van der Waals surface area contributed by atoms with Crippen LogP contribution >= 0.6 is 11.8 Å². The lowest BCUT2D eigenvalue weighted by atomic mass is 9.71. The number of hydrogen-bond donors (Lipinski definition) is 2. The normalized spacial score (nSPS) is 16.7. The Labute approximate surface area is 187 Å². The maximum absolute atomic E-state index is 12.6. The molecule has 1 heterocycles. The molecule has 7 heteroatoms. The van der Waals surface area contributed by atoms with Gasteiger partial charge in [-0.2, -0.15) is 5.26 Å². The van der Waals surface area contributed by atoms with Crippen LogP contribution in [0.15, 0.2) is 35.4 Å². The minimum absolute atomic E-state index is 0.106. The van der Waals surface area contributed by atoms with E-state index in [1.807, 2.05) is 6.07 Å². The Hall–Kier alpha value is -2.85. The van der Waals surface area contributed by atoms with Crippen LogP contribution in [0.25, 0.3) is 0 Å². The number of pyridine rings is 1. The number of rotatable bonds is 5. The van der Waals surface area contributed by atoms with Crippen molar-refractivity contribution in [3.63, 3.8) is 0 Å². The molecule has 0 bridgehead atoms. The van der Waals surface area contributed by atoms with Crippen molar-refractivity contribution in [1.82, 2.24) is 4.98 Å². The number of aromatic nitrogens is 1. The standard InChI is InChI=1S/C24H27N3O3S/c1-14(21(28)26-19-7-5-6-15(12-19)23(29)30)31-22-17(13-25)10-16-11-18(24(2,3)4)8-9-20(16)27-22/h5-7,10,12,14,18H,8-9,11H2,1-4H3,(H,26,28)(H,29,30). The second-order valence-electron chi connectivity index (χ2n) is 9.00. The fourth-order valence-corrected chi connectivity index (χ4v) is 4.64. The Balaban J connectivity index is 1.75. The highest BCUT2D eigenvalue weighted by atomic mass is 32.2. The molecule has 2 atom stereocenters. The van der Waals surface area contributed by atoms with Crippen molar-refractivity contribution in [2.75, 3.05) is 5.32 Å². The third-order valence-electron chi connectivity index (χ3n) is 5.73. The van der Waals surface area contributed by atoms with Gasteiger partial charge in [0.1, 0.15) is 11.1 Å². The molecule has 1 aliphatic rings. The third-order valence-corrected chi connectivity index (χ3v) is 6.83. The maximum Gasteiger partial charge on any atom is 0.335 e. The van der Waals surface area contributed by atoms with Gasteiger partial charge in [-0.1, -0.05) is 38.6 Å². The number of nitrogens with zero attached hydrogens (tertiary/aromatic N) is 2. The zero-order valence-corrected chi connectivity index (χ0v) is 19.0. The van der Waals surface area contributed by atoms with Crippen molar-refractivity contribution in [2.45, 2.75) is 57.2 Å². The van der Waals surface area contributed by atoms with Gasteiger partial charge in [-0.15, -0.1) is 0 Å². The van der Waals surface area contributed by atoms with E-state index >= 15 is 0 Å². The van der Waals surface area contributed by atoms with Crippen LogP contribution in [0.4, 0.5) is 5.69 Å². The quantitative estimate of drug-likeness (QED) is 0.644. The highest BCUT2D eigenvalue weighted by molar-refractivity contribution is 8.00. The Morgan fingerprint density at radius 2 is 2.06 bits per heavy atom. The molecule has 1 aliphatic carbocycles. The van der Waals surface area contributed by atoms with E-state index in [1.54, 1.807) is 19.1 Å². The molecule has 6 nitrogen and oxygen atoms in total. The van der Waals surface area contributed by atoms with E-state index in [1.165, 1.54) is 23.9 Å². The van der Waals surface area contributed by atoms with E-state index < -0.39 is 11.2 Å². The Morgan fingerprint density at radius 1 is 1.32 bits per heavy atom. The van der Waals surface area contributed by atoms with Gasteiger partial charge in [0.25, 0.3) is 0 Å². The van der Waals surface area contributed by atoms with E-state index in [-0.39, 0.29) is 16.9 Å². The molecular weight excluding hydrogens is 410 g/mol. The smallest absolute Gasteiger partial charge is 0.335 e. The average Bonchev–Trinajstić information content (AvgIpc) is 2.72. The summed E-state index contributed by atoms with van der Waals surface area (Å²) in [6, 6.07) is 10.3. The number of thioether (sulfide) groups is 1. The Bertz CT molecular complexity index is 1050. The second-order valence-corrected chi connectivity index (χ2v) is 10.3. The first-order chi connectivity index (χ1) is 14.6. The summed E-state index contributed by atoms with van der Waals surface area (Å²) in [5.74, 6) is -0.772. The van der Waals surface area contributed by atoms with Crippen LogP contribution in [0.3, 0.4) is 0 Å². The van der Waals surface area contributed by atoms with Crippen LogP contribution in [-0.4, -0.2) is 27.2 Å². The molecule has 2 unspecified atom stereocenters. The van der Waals surface area contributed by atoms with Gasteiger partial charge in [0, 0.05) is 11.4 Å². The number of aromatic carboxylic acids is 1. The largest absolute Gasteiger partial charge is 0.478 e. The van der Waals surface area contributed by atoms with Crippen molar-refractivity contribution < 1.29 is 14.7 Å². The second kappa shape index (κ2) is 9.11. The maximum atomic E-state index is 12.6. The molecule has 0 radical (unpaired) electrons. The summed E-state index contributed by atoms with van der Waals surface area (Å²) >= 11 is 1.25. The highest BCUT2D eigenvalue weighted by Gasteiger charge is 2.30. The molecule has 2 aromatic rings. The third kappa shape index (κ3) is 5.45. The lowest BCUT2D eigenvalue weighted by molar-refractivity contribution is -0.115. The van der Waals surface area contributed by atoms with Crippen LogP contribution in [0, 0.1) is 22.7 Å². The molecule has 0 spiro atoms. The molecular formula is C24H27N3O3S. The predicted molar refractivity (Wildman–Crippen MR) is 121 cm³/mol. The van der Waals surface area contributed by atoms with E-state index in [0.717, 1.165) is 30.5 Å². The van der Waals surface area contributed by atoms with Crippen LogP contribution in [0.2, 0.25) is 0 Å². The van der Waals surface area contributed by atoms with Crippen molar-refractivity contribution in [3.8, 4) is 6.07 Å². The van der Waals surface area contributed by atoms with Gasteiger partial charge in [0.2, 0.25) is 5.91 Å². The summed E-state index contributed by atoms with van der Waals surface area (Å²) in [6.45, 7) is 8.49. The fourth-order valence-electron chi connectivity index (χ4n) is 3.75. The predicted octanol–water partition coefficient (Wildman–Crippen LogP) is 4.92. The van der Waals surface area contributed by atoms with E-state index in [9.17, 15) is 14.9 Å². The van der Waals surface area contributed by atoms with Crippen LogP contribution in [0.5, 0.6) is 0 Å². The number of amides is 1. The summed E-state index contributed by atoms with van der Waals surface area (Å²) in [7, 11) is 0. The van der Waals surface area contributed by atoms with Crippen LogP contribution < -0.4 is 5.32 Å². The number of nitrogens with one attached hydrogen (secondary N) is 1. The van der Waals surface area contributed by atoms with Gasteiger partial charge in [-0.25, -0.2) is 9.78 Å². The number of carbonyl (C=O) groups excluding carboxylic acids is 1. The number of carbonyl (C=O) groups is 2. The monoisotopic (exact) mass is 437 g/mol. The summed E-state index contributed by atoms with van der Waals surface area (Å²) in [6.07, 6.45) is 2.86. The zero-order valence-electron chi connectivity index (χ0n) is 18.2. The number of hydrogen-bond acceptors (Lipinski definition) is 5.